The normalized spacial score (nSPS) is 13.5. The molecule has 120 valence electrons. The molecule has 6 nitrogen and oxygen atoms in total. The van der Waals surface area contributed by atoms with Crippen molar-refractivity contribution in [2.45, 2.75) is 26.7 Å². The van der Waals surface area contributed by atoms with Gasteiger partial charge < -0.3 is 19.9 Å². The lowest BCUT2D eigenvalue weighted by Crippen LogP contribution is -2.42. The van der Waals surface area contributed by atoms with E-state index in [1.807, 2.05) is 13.8 Å². The smallest absolute Gasteiger partial charge is 0.311 e. The highest BCUT2D eigenvalue weighted by atomic mass is 16.6. The Morgan fingerprint density at radius 2 is 1.91 bits per heavy atom. The zero-order valence-electron chi connectivity index (χ0n) is 12.8. The lowest BCUT2D eigenvalue weighted by molar-refractivity contribution is -0.149. The van der Waals surface area contributed by atoms with Crippen LogP contribution >= 0.6 is 0 Å². The number of carboxylic acid groups (broad SMARTS) is 1. The van der Waals surface area contributed by atoms with Gasteiger partial charge in [-0.25, -0.2) is 0 Å². The fraction of sp³-hybridized carbons (Fsp3) is 0.500. The van der Waals surface area contributed by atoms with Gasteiger partial charge in [-0.3, -0.25) is 9.59 Å². The van der Waals surface area contributed by atoms with Gasteiger partial charge in [-0.05, 0) is 25.0 Å². The summed E-state index contributed by atoms with van der Waals surface area (Å²) in [5.41, 5.74) is -0.578. The molecular weight excluding hydrogens is 286 g/mol. The number of hydrogen-bond donors (Lipinski definition) is 2. The zero-order valence-corrected chi connectivity index (χ0v) is 12.8. The average molecular weight is 307 g/mol. The van der Waals surface area contributed by atoms with Crippen molar-refractivity contribution in [2.24, 2.45) is 5.41 Å². The van der Waals surface area contributed by atoms with Gasteiger partial charge in [0.1, 0.15) is 13.2 Å². The third kappa shape index (κ3) is 3.00. The molecule has 1 aliphatic heterocycles. The topological polar surface area (TPSA) is 84.9 Å². The van der Waals surface area contributed by atoms with E-state index in [1.165, 1.54) is 0 Å². The fourth-order valence-electron chi connectivity index (χ4n) is 2.48. The molecule has 0 saturated heterocycles. The molecule has 0 unspecified atom stereocenters. The van der Waals surface area contributed by atoms with Crippen LogP contribution in [0.15, 0.2) is 18.2 Å². The molecule has 22 heavy (non-hydrogen) atoms. The zero-order chi connectivity index (χ0) is 16.2. The maximum Gasteiger partial charge on any atom is 0.311 e. The van der Waals surface area contributed by atoms with Crippen LogP contribution in [0.4, 0.5) is 0 Å². The quantitative estimate of drug-likeness (QED) is 0.840. The first-order valence-corrected chi connectivity index (χ1v) is 7.44. The van der Waals surface area contributed by atoms with Crippen LogP contribution in [-0.4, -0.2) is 36.7 Å². The third-order valence-corrected chi connectivity index (χ3v) is 4.21. The molecule has 1 aliphatic rings. The summed E-state index contributed by atoms with van der Waals surface area (Å²) < 4.78 is 10.9. The Bertz CT molecular complexity index is 566. The number of hydrogen-bond acceptors (Lipinski definition) is 4. The number of fused-ring (bicyclic) bond motifs is 1. The van der Waals surface area contributed by atoms with E-state index in [4.69, 9.17) is 9.47 Å². The van der Waals surface area contributed by atoms with Crippen LogP contribution in [0.1, 0.15) is 37.0 Å². The van der Waals surface area contributed by atoms with Gasteiger partial charge >= 0.3 is 5.97 Å². The van der Waals surface area contributed by atoms with E-state index in [-0.39, 0.29) is 12.5 Å². The average Bonchev–Trinajstić information content (AvgIpc) is 2.55. The molecule has 1 amide bonds. The van der Waals surface area contributed by atoms with Gasteiger partial charge in [0.2, 0.25) is 0 Å². The van der Waals surface area contributed by atoms with Crippen molar-refractivity contribution in [1.82, 2.24) is 5.32 Å². The Morgan fingerprint density at radius 3 is 2.55 bits per heavy atom. The van der Waals surface area contributed by atoms with E-state index < -0.39 is 11.4 Å². The molecule has 0 bridgehead atoms. The largest absolute Gasteiger partial charge is 0.486 e. The number of para-hydroxylation sites is 1. The van der Waals surface area contributed by atoms with Gasteiger partial charge in [-0.1, -0.05) is 19.9 Å². The Morgan fingerprint density at radius 1 is 1.23 bits per heavy atom. The van der Waals surface area contributed by atoms with Crippen LogP contribution in [0, 0.1) is 5.41 Å². The third-order valence-electron chi connectivity index (χ3n) is 4.21. The summed E-state index contributed by atoms with van der Waals surface area (Å²) in [7, 11) is 0. The van der Waals surface area contributed by atoms with Crippen molar-refractivity contribution in [2.75, 3.05) is 19.8 Å². The molecule has 0 aliphatic carbocycles. The van der Waals surface area contributed by atoms with Crippen molar-refractivity contribution >= 4 is 11.9 Å². The molecule has 2 rings (SSSR count). The fourth-order valence-corrected chi connectivity index (χ4v) is 2.48. The Balaban J connectivity index is 2.15. The summed E-state index contributed by atoms with van der Waals surface area (Å²) in [5.74, 6) is -0.295. The van der Waals surface area contributed by atoms with Crippen molar-refractivity contribution in [3.05, 3.63) is 23.8 Å². The van der Waals surface area contributed by atoms with Gasteiger partial charge in [-0.15, -0.1) is 0 Å². The molecule has 1 aromatic carbocycles. The number of carboxylic acids is 1. The van der Waals surface area contributed by atoms with Crippen LogP contribution < -0.4 is 14.8 Å². The number of nitrogens with one attached hydrogen (secondary N) is 1. The van der Waals surface area contributed by atoms with Crippen LogP contribution in [0.2, 0.25) is 0 Å². The Hall–Kier alpha value is -2.24. The van der Waals surface area contributed by atoms with E-state index in [1.54, 1.807) is 18.2 Å². The summed E-state index contributed by atoms with van der Waals surface area (Å²) in [4.78, 5) is 23.8. The number of benzene rings is 1. The number of aliphatic carboxylic acids is 1. The minimum atomic E-state index is -0.943. The molecule has 0 fully saturated rings. The minimum absolute atomic E-state index is 0.0820. The molecule has 1 heterocycles. The van der Waals surface area contributed by atoms with Crippen LogP contribution in [0.3, 0.4) is 0 Å². The summed E-state index contributed by atoms with van der Waals surface area (Å²) in [6.07, 6.45) is 0.900. The molecule has 0 spiro atoms. The van der Waals surface area contributed by atoms with Crippen molar-refractivity contribution < 1.29 is 24.2 Å². The van der Waals surface area contributed by atoms with E-state index in [9.17, 15) is 14.7 Å². The van der Waals surface area contributed by atoms with Crippen molar-refractivity contribution in [3.8, 4) is 11.5 Å². The summed E-state index contributed by atoms with van der Waals surface area (Å²) in [5, 5.41) is 12.1. The number of carbonyl (C=O) groups is 2. The molecule has 0 atom stereocenters. The standard InChI is InChI=1S/C16H21NO5/c1-3-16(4-2,15(19)20)10-17-14(18)11-6-5-7-12-13(11)22-9-8-21-12/h5-7H,3-4,8-10H2,1-2H3,(H,17,18)(H,19,20). The van der Waals surface area contributed by atoms with E-state index in [2.05, 4.69) is 5.32 Å². The van der Waals surface area contributed by atoms with Gasteiger partial charge in [0.15, 0.2) is 11.5 Å². The van der Waals surface area contributed by atoms with Gasteiger partial charge in [0.25, 0.3) is 5.91 Å². The van der Waals surface area contributed by atoms with E-state index in [0.29, 0.717) is 43.1 Å². The van der Waals surface area contributed by atoms with Crippen LogP contribution in [0.5, 0.6) is 11.5 Å². The minimum Gasteiger partial charge on any atom is -0.486 e. The van der Waals surface area contributed by atoms with E-state index in [0.717, 1.165) is 0 Å². The molecule has 0 aromatic heterocycles. The maximum atomic E-state index is 12.4. The molecule has 1 aromatic rings. The molecular formula is C16H21NO5. The maximum absolute atomic E-state index is 12.4. The van der Waals surface area contributed by atoms with Crippen molar-refractivity contribution in [1.29, 1.82) is 0 Å². The van der Waals surface area contributed by atoms with Gasteiger partial charge in [0.05, 0.1) is 11.0 Å². The van der Waals surface area contributed by atoms with Crippen molar-refractivity contribution in [3.63, 3.8) is 0 Å². The Labute approximate surface area is 129 Å². The van der Waals surface area contributed by atoms with E-state index >= 15 is 0 Å². The lowest BCUT2D eigenvalue weighted by atomic mass is 9.82. The first kappa shape index (κ1) is 16.1. The summed E-state index contributed by atoms with van der Waals surface area (Å²) in [6, 6.07) is 5.10. The molecule has 6 heteroatoms. The van der Waals surface area contributed by atoms with Gasteiger partial charge in [-0.2, -0.15) is 0 Å². The monoisotopic (exact) mass is 307 g/mol. The SMILES string of the molecule is CCC(CC)(CNC(=O)c1cccc2c1OCCO2)C(=O)O. The highest BCUT2D eigenvalue weighted by Crippen LogP contribution is 2.33. The predicted octanol–water partition coefficient (Wildman–Crippen LogP) is 2.08. The summed E-state index contributed by atoms with van der Waals surface area (Å²) in [6.45, 7) is 4.54. The highest BCUT2D eigenvalue weighted by Gasteiger charge is 2.35. The highest BCUT2D eigenvalue weighted by molar-refractivity contribution is 5.98. The van der Waals surface area contributed by atoms with Gasteiger partial charge in [0, 0.05) is 6.54 Å². The second-order valence-corrected chi connectivity index (χ2v) is 5.31. The number of rotatable bonds is 6. The number of ether oxygens (including phenoxy) is 2. The molecule has 2 N–H and O–H groups in total. The number of carbonyl (C=O) groups excluding carboxylic acids is 1. The Kier molecular flexibility index (Phi) is 4.90. The molecule has 0 radical (unpaired) electrons. The first-order valence-electron chi connectivity index (χ1n) is 7.44. The summed E-state index contributed by atoms with van der Waals surface area (Å²) >= 11 is 0. The van der Waals surface area contributed by atoms with Crippen LogP contribution in [-0.2, 0) is 4.79 Å². The van der Waals surface area contributed by atoms with Crippen LogP contribution in [0.25, 0.3) is 0 Å². The molecule has 0 saturated carbocycles. The predicted molar refractivity (Wildman–Crippen MR) is 80.4 cm³/mol. The number of amides is 1. The lowest BCUT2D eigenvalue weighted by Gasteiger charge is -2.27. The second-order valence-electron chi connectivity index (χ2n) is 5.31. The second kappa shape index (κ2) is 6.68. The first-order chi connectivity index (χ1) is 10.5.